The number of aryl methyl sites for hydroxylation is 1. The van der Waals surface area contributed by atoms with Crippen molar-refractivity contribution in [3.63, 3.8) is 0 Å². The van der Waals surface area contributed by atoms with Crippen LogP contribution in [0.2, 0.25) is 0 Å². The average molecular weight is 272 g/mol. The second-order valence-corrected chi connectivity index (χ2v) is 4.21. The molecule has 2 rings (SSSR count). The summed E-state index contributed by atoms with van der Waals surface area (Å²) in [5.41, 5.74) is 1.31. The Balaban J connectivity index is 2.15. The average Bonchev–Trinajstić information content (AvgIpc) is 2.90. The van der Waals surface area contributed by atoms with E-state index < -0.39 is 0 Å². The van der Waals surface area contributed by atoms with E-state index in [9.17, 15) is 4.79 Å². The lowest BCUT2D eigenvalue weighted by atomic mass is 10.2. The van der Waals surface area contributed by atoms with Gasteiger partial charge >= 0.3 is 0 Å². The monoisotopic (exact) mass is 272 g/mol. The van der Waals surface area contributed by atoms with Gasteiger partial charge in [-0.05, 0) is 25.1 Å². The maximum Gasteiger partial charge on any atom is 0.277 e. The second kappa shape index (κ2) is 6.06. The van der Waals surface area contributed by atoms with Crippen LogP contribution in [0.25, 0.3) is 0 Å². The zero-order valence-corrected chi connectivity index (χ0v) is 11.7. The summed E-state index contributed by atoms with van der Waals surface area (Å²) in [5, 5.41) is 5.41. The molecule has 0 aliphatic heterocycles. The fourth-order valence-electron chi connectivity index (χ4n) is 1.76. The molecule has 0 fully saturated rings. The lowest BCUT2D eigenvalue weighted by molar-refractivity contribution is 0.0798. The van der Waals surface area contributed by atoms with Crippen LogP contribution in [0.3, 0.4) is 0 Å². The van der Waals surface area contributed by atoms with Gasteiger partial charge in [0.2, 0.25) is 0 Å². The number of furan rings is 1. The number of nitrogens with zero attached hydrogens (tertiary/aromatic N) is 2. The Morgan fingerprint density at radius 2 is 2.10 bits per heavy atom. The lowest BCUT2D eigenvalue weighted by Gasteiger charge is -2.10. The summed E-state index contributed by atoms with van der Waals surface area (Å²) in [6.07, 6.45) is 3.08. The van der Waals surface area contributed by atoms with E-state index in [1.165, 1.54) is 11.3 Å². The number of hydrogen-bond acceptors (Lipinski definition) is 4. The molecule has 0 saturated heterocycles. The summed E-state index contributed by atoms with van der Waals surface area (Å²) in [6.45, 7) is 1.74. The molecule has 0 bridgehead atoms. The molecule has 0 radical (unpaired) electrons. The van der Waals surface area contributed by atoms with Crippen LogP contribution in [0.5, 0.6) is 5.75 Å². The minimum absolute atomic E-state index is 0.220. The largest absolute Gasteiger partial charge is 0.496 e. The molecule has 1 heterocycles. The van der Waals surface area contributed by atoms with Gasteiger partial charge in [-0.15, -0.1) is 0 Å². The molecule has 1 amide bonds. The third-order valence-electron chi connectivity index (χ3n) is 2.89. The minimum Gasteiger partial charge on any atom is -0.496 e. The summed E-state index contributed by atoms with van der Waals surface area (Å²) < 4.78 is 10.3. The SMILES string of the molecule is COc1ccccc1/C=N/N(C)C(=O)c1ccoc1C. The van der Waals surface area contributed by atoms with Crippen molar-refractivity contribution in [1.82, 2.24) is 5.01 Å². The summed E-state index contributed by atoms with van der Waals surface area (Å²) in [7, 11) is 3.19. The van der Waals surface area contributed by atoms with Crippen molar-refractivity contribution in [1.29, 1.82) is 0 Å². The van der Waals surface area contributed by atoms with E-state index in [0.29, 0.717) is 17.1 Å². The third kappa shape index (κ3) is 2.88. The molecule has 0 aliphatic carbocycles. The number of amides is 1. The normalized spacial score (nSPS) is 10.8. The van der Waals surface area contributed by atoms with Crippen molar-refractivity contribution in [2.24, 2.45) is 5.10 Å². The number of ether oxygens (including phenoxy) is 1. The maximum atomic E-state index is 12.1. The van der Waals surface area contributed by atoms with Gasteiger partial charge in [-0.3, -0.25) is 4.79 Å². The smallest absolute Gasteiger partial charge is 0.277 e. The van der Waals surface area contributed by atoms with Crippen LogP contribution >= 0.6 is 0 Å². The molecule has 5 heteroatoms. The summed E-state index contributed by atoms with van der Waals surface area (Å²) in [6, 6.07) is 9.09. The van der Waals surface area contributed by atoms with E-state index in [4.69, 9.17) is 9.15 Å². The lowest BCUT2D eigenvalue weighted by Crippen LogP contribution is -2.21. The molecule has 1 aromatic carbocycles. The number of carbonyl (C=O) groups is 1. The standard InChI is InChI=1S/C15H16N2O3/c1-11-13(8-9-20-11)15(18)17(2)16-10-12-6-4-5-7-14(12)19-3/h4-10H,1-3H3/b16-10+. The number of benzene rings is 1. The summed E-state index contributed by atoms with van der Waals surface area (Å²) in [5.74, 6) is 1.06. The van der Waals surface area contributed by atoms with Gasteiger partial charge in [-0.25, -0.2) is 5.01 Å². The molecule has 20 heavy (non-hydrogen) atoms. The maximum absolute atomic E-state index is 12.1. The first-order valence-electron chi connectivity index (χ1n) is 6.12. The van der Waals surface area contributed by atoms with Crippen LogP contribution in [0.1, 0.15) is 21.7 Å². The van der Waals surface area contributed by atoms with E-state index in [1.807, 2.05) is 24.3 Å². The van der Waals surface area contributed by atoms with E-state index >= 15 is 0 Å². The van der Waals surface area contributed by atoms with E-state index in [2.05, 4.69) is 5.10 Å². The number of para-hydroxylation sites is 1. The number of carbonyl (C=O) groups excluding carboxylic acids is 1. The van der Waals surface area contributed by atoms with Gasteiger partial charge in [0, 0.05) is 12.6 Å². The second-order valence-electron chi connectivity index (χ2n) is 4.21. The molecule has 0 unspecified atom stereocenters. The van der Waals surface area contributed by atoms with Crippen molar-refractivity contribution >= 4 is 12.1 Å². The first-order valence-corrected chi connectivity index (χ1v) is 6.12. The van der Waals surface area contributed by atoms with Crippen LogP contribution in [-0.2, 0) is 0 Å². The zero-order chi connectivity index (χ0) is 14.5. The highest BCUT2D eigenvalue weighted by atomic mass is 16.5. The quantitative estimate of drug-likeness (QED) is 0.635. The fraction of sp³-hybridized carbons (Fsp3) is 0.200. The molecular formula is C15H16N2O3. The predicted octanol–water partition coefficient (Wildman–Crippen LogP) is 2.70. The van der Waals surface area contributed by atoms with Crippen molar-refractivity contribution in [3.05, 3.63) is 53.5 Å². The van der Waals surface area contributed by atoms with Crippen molar-refractivity contribution in [2.45, 2.75) is 6.92 Å². The fourth-order valence-corrected chi connectivity index (χ4v) is 1.76. The van der Waals surface area contributed by atoms with Gasteiger partial charge < -0.3 is 9.15 Å². The van der Waals surface area contributed by atoms with Crippen LogP contribution < -0.4 is 4.74 Å². The number of rotatable bonds is 4. The van der Waals surface area contributed by atoms with E-state index in [0.717, 1.165) is 5.56 Å². The molecule has 0 spiro atoms. The van der Waals surface area contributed by atoms with Crippen LogP contribution in [0.15, 0.2) is 46.1 Å². The molecule has 0 N–H and O–H groups in total. The van der Waals surface area contributed by atoms with Crippen molar-refractivity contribution < 1.29 is 13.9 Å². The van der Waals surface area contributed by atoms with Gasteiger partial charge in [0.15, 0.2) is 0 Å². The highest BCUT2D eigenvalue weighted by Crippen LogP contribution is 2.15. The van der Waals surface area contributed by atoms with E-state index in [-0.39, 0.29) is 5.91 Å². The topological polar surface area (TPSA) is 55.0 Å². The molecule has 2 aromatic rings. The molecule has 1 aromatic heterocycles. The van der Waals surface area contributed by atoms with E-state index in [1.54, 1.807) is 33.4 Å². The highest BCUT2D eigenvalue weighted by molar-refractivity contribution is 5.95. The predicted molar refractivity (Wildman–Crippen MR) is 76.1 cm³/mol. The van der Waals surface area contributed by atoms with Crippen LogP contribution in [-0.4, -0.2) is 31.3 Å². The molecule has 104 valence electrons. The number of hydrogen-bond donors (Lipinski definition) is 0. The molecular weight excluding hydrogens is 256 g/mol. The third-order valence-corrected chi connectivity index (χ3v) is 2.89. The Bertz CT molecular complexity index is 632. The van der Waals surface area contributed by atoms with Gasteiger partial charge in [0.25, 0.3) is 5.91 Å². The number of methoxy groups -OCH3 is 1. The van der Waals surface area contributed by atoms with Gasteiger partial charge in [0.05, 0.1) is 25.2 Å². The Kier molecular flexibility index (Phi) is 4.20. The molecule has 5 nitrogen and oxygen atoms in total. The van der Waals surface area contributed by atoms with Crippen molar-refractivity contribution in [2.75, 3.05) is 14.2 Å². The molecule has 0 aliphatic rings. The Labute approximate surface area is 117 Å². The highest BCUT2D eigenvalue weighted by Gasteiger charge is 2.15. The van der Waals surface area contributed by atoms with Gasteiger partial charge in [-0.2, -0.15) is 5.10 Å². The zero-order valence-electron chi connectivity index (χ0n) is 11.7. The first kappa shape index (κ1) is 13.9. The van der Waals surface area contributed by atoms with Crippen LogP contribution in [0, 0.1) is 6.92 Å². The van der Waals surface area contributed by atoms with Crippen LogP contribution in [0.4, 0.5) is 0 Å². The summed E-state index contributed by atoms with van der Waals surface area (Å²) in [4.78, 5) is 12.1. The number of hydrazone groups is 1. The Morgan fingerprint density at radius 1 is 1.35 bits per heavy atom. The Hall–Kier alpha value is -2.56. The molecule has 0 atom stereocenters. The van der Waals surface area contributed by atoms with Gasteiger partial charge in [0.1, 0.15) is 11.5 Å². The Morgan fingerprint density at radius 3 is 2.75 bits per heavy atom. The van der Waals surface area contributed by atoms with Crippen molar-refractivity contribution in [3.8, 4) is 5.75 Å². The first-order chi connectivity index (χ1) is 9.63. The minimum atomic E-state index is -0.220. The van der Waals surface area contributed by atoms with Gasteiger partial charge in [-0.1, -0.05) is 12.1 Å². The molecule has 0 saturated carbocycles. The summed E-state index contributed by atoms with van der Waals surface area (Å²) >= 11 is 0.